The average molecular weight is 286 g/mol. The Balaban J connectivity index is 2.39. The normalized spacial score (nSPS) is 10.9. The van der Waals surface area contributed by atoms with Gasteiger partial charge in [-0.05, 0) is 23.8 Å². The van der Waals surface area contributed by atoms with Gasteiger partial charge in [0.2, 0.25) is 0 Å². The lowest BCUT2D eigenvalue weighted by Gasteiger charge is -2.10. The summed E-state index contributed by atoms with van der Waals surface area (Å²) in [7, 11) is 0. The van der Waals surface area contributed by atoms with Crippen LogP contribution in [0.4, 0.5) is 0 Å². The molecule has 0 fully saturated rings. The van der Waals surface area contributed by atoms with Crippen molar-refractivity contribution in [2.45, 2.75) is 6.61 Å². The van der Waals surface area contributed by atoms with Gasteiger partial charge in [-0.3, -0.25) is 4.79 Å². The highest BCUT2D eigenvalue weighted by molar-refractivity contribution is 6.31. The highest BCUT2D eigenvalue weighted by atomic mass is 35.5. The van der Waals surface area contributed by atoms with Gasteiger partial charge in [0.25, 0.3) is 0 Å². The molecule has 20 heavy (non-hydrogen) atoms. The minimum atomic E-state index is -0.317. The third-order valence-electron chi connectivity index (χ3n) is 3.28. The molecule has 0 bridgehead atoms. The van der Waals surface area contributed by atoms with Crippen molar-refractivity contribution in [2.24, 2.45) is 0 Å². The van der Waals surface area contributed by atoms with Crippen molar-refractivity contribution in [1.82, 2.24) is 4.98 Å². The fourth-order valence-electron chi connectivity index (χ4n) is 2.30. The number of pyridine rings is 1. The zero-order valence-electron chi connectivity index (χ0n) is 10.6. The third kappa shape index (κ3) is 2.11. The Bertz CT molecular complexity index is 825. The molecule has 0 radical (unpaired) electrons. The summed E-state index contributed by atoms with van der Waals surface area (Å²) in [5, 5.41) is 10.5. The number of aliphatic hydroxyl groups is 1. The van der Waals surface area contributed by atoms with Gasteiger partial charge in [-0.1, -0.05) is 41.9 Å². The third-order valence-corrected chi connectivity index (χ3v) is 3.52. The summed E-state index contributed by atoms with van der Waals surface area (Å²) in [5.41, 5.74) is 2.38. The van der Waals surface area contributed by atoms with Gasteiger partial charge in [-0.25, -0.2) is 0 Å². The summed E-state index contributed by atoms with van der Waals surface area (Å²) < 4.78 is 0. The Morgan fingerprint density at radius 3 is 2.55 bits per heavy atom. The maximum absolute atomic E-state index is 12.5. The zero-order valence-corrected chi connectivity index (χ0v) is 11.3. The Morgan fingerprint density at radius 2 is 1.85 bits per heavy atom. The Morgan fingerprint density at radius 1 is 1.10 bits per heavy atom. The van der Waals surface area contributed by atoms with Crippen molar-refractivity contribution in [2.75, 3.05) is 0 Å². The molecule has 0 aliphatic carbocycles. The number of aliphatic hydroxyl groups excluding tert-OH is 1. The van der Waals surface area contributed by atoms with Crippen LogP contribution in [0.1, 0.15) is 5.56 Å². The standard InChI is InChI=1S/C16H12ClNO2/c17-11-6-7-14-12(8-11)16(20)13(9-19)15(18-14)10-4-2-1-3-5-10/h1-8,19H,9H2,(H,18,20). The minimum absolute atomic E-state index is 0.192. The van der Waals surface area contributed by atoms with Crippen molar-refractivity contribution in [3.63, 3.8) is 0 Å². The van der Waals surface area contributed by atoms with Crippen LogP contribution in [0.2, 0.25) is 5.02 Å². The van der Waals surface area contributed by atoms with Crippen LogP contribution in [0.25, 0.3) is 22.2 Å². The second kappa shape index (κ2) is 5.12. The minimum Gasteiger partial charge on any atom is -0.391 e. The molecule has 0 amide bonds. The van der Waals surface area contributed by atoms with E-state index < -0.39 is 0 Å². The first-order chi connectivity index (χ1) is 9.70. The molecule has 0 spiro atoms. The molecular formula is C16H12ClNO2. The number of aromatic nitrogens is 1. The Kier molecular flexibility index (Phi) is 3.30. The van der Waals surface area contributed by atoms with E-state index in [-0.39, 0.29) is 12.0 Å². The summed E-state index contributed by atoms with van der Waals surface area (Å²) in [6.45, 7) is -0.317. The smallest absolute Gasteiger partial charge is 0.195 e. The van der Waals surface area contributed by atoms with Gasteiger partial charge in [0.15, 0.2) is 5.43 Å². The molecule has 0 unspecified atom stereocenters. The van der Waals surface area contributed by atoms with Gasteiger partial charge in [-0.15, -0.1) is 0 Å². The summed E-state index contributed by atoms with van der Waals surface area (Å²) in [6, 6.07) is 14.6. The summed E-state index contributed by atoms with van der Waals surface area (Å²) in [6.07, 6.45) is 0. The first kappa shape index (κ1) is 12.9. The first-order valence-corrected chi connectivity index (χ1v) is 6.59. The summed E-state index contributed by atoms with van der Waals surface area (Å²) in [4.78, 5) is 15.7. The highest BCUT2D eigenvalue weighted by Gasteiger charge is 2.12. The van der Waals surface area contributed by atoms with Crippen molar-refractivity contribution in [1.29, 1.82) is 0 Å². The number of benzene rings is 2. The molecule has 3 rings (SSSR count). The van der Waals surface area contributed by atoms with Gasteiger partial charge in [0.05, 0.1) is 12.3 Å². The van der Waals surface area contributed by atoms with Crippen LogP contribution < -0.4 is 5.43 Å². The number of aromatic amines is 1. The maximum Gasteiger partial charge on any atom is 0.195 e. The maximum atomic E-state index is 12.5. The van der Waals surface area contributed by atoms with Crippen LogP contribution in [0, 0.1) is 0 Å². The van der Waals surface area contributed by atoms with Crippen LogP contribution in [0.15, 0.2) is 53.3 Å². The van der Waals surface area contributed by atoms with E-state index in [2.05, 4.69) is 4.98 Å². The number of halogens is 1. The van der Waals surface area contributed by atoms with Gasteiger partial charge in [-0.2, -0.15) is 0 Å². The molecule has 0 aliphatic heterocycles. The summed E-state index contributed by atoms with van der Waals surface area (Å²) in [5.74, 6) is 0. The lowest BCUT2D eigenvalue weighted by Crippen LogP contribution is -2.13. The van der Waals surface area contributed by atoms with E-state index in [0.29, 0.717) is 27.2 Å². The average Bonchev–Trinajstić information content (AvgIpc) is 2.48. The number of nitrogens with one attached hydrogen (secondary N) is 1. The zero-order chi connectivity index (χ0) is 14.1. The molecule has 3 aromatic rings. The predicted octanol–water partition coefficient (Wildman–Crippen LogP) is 3.34. The molecule has 0 saturated heterocycles. The van der Waals surface area contributed by atoms with Gasteiger partial charge >= 0.3 is 0 Å². The number of H-pyrrole nitrogens is 1. The molecule has 2 N–H and O–H groups in total. The molecule has 2 aromatic carbocycles. The molecule has 4 heteroatoms. The van der Waals surface area contributed by atoms with E-state index in [4.69, 9.17) is 11.6 Å². The van der Waals surface area contributed by atoms with Crippen LogP contribution in [-0.2, 0) is 6.61 Å². The number of fused-ring (bicyclic) bond motifs is 1. The number of rotatable bonds is 2. The van der Waals surface area contributed by atoms with Crippen LogP contribution in [0.3, 0.4) is 0 Å². The molecule has 0 saturated carbocycles. The SMILES string of the molecule is O=c1c(CO)c(-c2ccccc2)[nH]c2ccc(Cl)cc12. The topological polar surface area (TPSA) is 53.1 Å². The second-order valence-electron chi connectivity index (χ2n) is 4.52. The van der Waals surface area contributed by atoms with E-state index in [1.165, 1.54) is 0 Å². The lowest BCUT2D eigenvalue weighted by molar-refractivity contribution is 0.281. The Labute approximate surface area is 120 Å². The van der Waals surface area contributed by atoms with Crippen molar-refractivity contribution in [3.05, 3.63) is 69.3 Å². The van der Waals surface area contributed by atoms with Crippen molar-refractivity contribution < 1.29 is 5.11 Å². The number of hydrogen-bond donors (Lipinski definition) is 2. The molecule has 100 valence electrons. The van der Waals surface area contributed by atoms with Crippen LogP contribution >= 0.6 is 11.6 Å². The van der Waals surface area contributed by atoms with Gasteiger partial charge < -0.3 is 10.1 Å². The van der Waals surface area contributed by atoms with E-state index in [1.807, 2.05) is 30.3 Å². The molecule has 3 nitrogen and oxygen atoms in total. The molecule has 1 aromatic heterocycles. The Hall–Kier alpha value is -2.10. The predicted molar refractivity (Wildman–Crippen MR) is 80.9 cm³/mol. The van der Waals surface area contributed by atoms with Gasteiger partial charge in [0, 0.05) is 21.5 Å². The second-order valence-corrected chi connectivity index (χ2v) is 4.96. The largest absolute Gasteiger partial charge is 0.391 e. The van der Waals surface area contributed by atoms with Gasteiger partial charge in [0.1, 0.15) is 0 Å². The van der Waals surface area contributed by atoms with Crippen LogP contribution in [-0.4, -0.2) is 10.1 Å². The van der Waals surface area contributed by atoms with Crippen molar-refractivity contribution >= 4 is 22.5 Å². The fraction of sp³-hybridized carbons (Fsp3) is 0.0625. The first-order valence-electron chi connectivity index (χ1n) is 6.21. The van der Waals surface area contributed by atoms with E-state index >= 15 is 0 Å². The molecular weight excluding hydrogens is 274 g/mol. The molecule has 0 aliphatic rings. The van der Waals surface area contributed by atoms with Crippen LogP contribution in [0.5, 0.6) is 0 Å². The highest BCUT2D eigenvalue weighted by Crippen LogP contribution is 2.23. The quantitative estimate of drug-likeness (QED) is 0.759. The lowest BCUT2D eigenvalue weighted by atomic mass is 10.0. The molecule has 1 heterocycles. The van der Waals surface area contributed by atoms with E-state index in [0.717, 1.165) is 5.56 Å². The van der Waals surface area contributed by atoms with Crippen molar-refractivity contribution in [3.8, 4) is 11.3 Å². The summed E-state index contributed by atoms with van der Waals surface area (Å²) >= 11 is 5.93. The monoisotopic (exact) mass is 285 g/mol. The van der Waals surface area contributed by atoms with E-state index in [1.54, 1.807) is 18.2 Å². The van der Waals surface area contributed by atoms with E-state index in [9.17, 15) is 9.90 Å². The number of hydrogen-bond acceptors (Lipinski definition) is 2. The molecule has 0 atom stereocenters. The fourth-order valence-corrected chi connectivity index (χ4v) is 2.47.